The summed E-state index contributed by atoms with van der Waals surface area (Å²) in [4.78, 5) is 25.9. The third-order valence-electron chi connectivity index (χ3n) is 5.47. The molecule has 1 saturated heterocycles. The van der Waals surface area contributed by atoms with E-state index in [1.54, 1.807) is 26.0 Å². The Bertz CT molecular complexity index is 1170. The smallest absolute Gasteiger partial charge is 0.416 e. The number of aliphatic hydroxyl groups excluding tert-OH is 1. The van der Waals surface area contributed by atoms with Crippen molar-refractivity contribution in [2.75, 3.05) is 16.8 Å². The maximum Gasteiger partial charge on any atom is 0.416 e. The molecule has 1 unspecified atom stereocenters. The van der Waals surface area contributed by atoms with Crippen LogP contribution in [0.15, 0.2) is 42.7 Å². The van der Waals surface area contributed by atoms with Gasteiger partial charge in [0.1, 0.15) is 30.1 Å². The van der Waals surface area contributed by atoms with Crippen LogP contribution in [0.3, 0.4) is 0 Å². The first kappa shape index (κ1) is 22.5. The number of aryl methyl sites for hydroxylation is 1. The van der Waals surface area contributed by atoms with E-state index in [1.807, 2.05) is 6.92 Å². The summed E-state index contributed by atoms with van der Waals surface area (Å²) in [7, 11) is 0. The van der Waals surface area contributed by atoms with Crippen LogP contribution in [0.1, 0.15) is 31.1 Å². The van der Waals surface area contributed by atoms with Crippen LogP contribution in [0.5, 0.6) is 0 Å². The fraction of sp³-hybridized carbons (Fsp3) is 0.304. The van der Waals surface area contributed by atoms with Gasteiger partial charge in [0, 0.05) is 34.8 Å². The monoisotopic (exact) mass is 455 g/mol. The molecule has 8 nitrogen and oxygen atoms in total. The van der Waals surface area contributed by atoms with E-state index in [0.717, 1.165) is 17.8 Å². The molecule has 33 heavy (non-hydrogen) atoms. The van der Waals surface area contributed by atoms with Crippen LogP contribution in [0.25, 0.3) is 11.1 Å². The first-order chi connectivity index (χ1) is 15.7. The second-order valence-electron chi connectivity index (χ2n) is 7.90. The van der Waals surface area contributed by atoms with Crippen LogP contribution < -0.4 is 10.2 Å². The van der Waals surface area contributed by atoms with Crippen molar-refractivity contribution in [2.45, 2.75) is 39.0 Å². The number of aliphatic hydroxyl groups is 1. The molecule has 0 aliphatic carbocycles. The summed E-state index contributed by atoms with van der Waals surface area (Å²) >= 11 is 0. The number of aromatic nitrogens is 3. The lowest BCUT2D eigenvalue weighted by molar-refractivity contribution is 0.142. The van der Waals surface area contributed by atoms with Gasteiger partial charge < -0.3 is 15.2 Å². The van der Waals surface area contributed by atoms with Crippen LogP contribution >= 0.6 is 0 Å². The molecule has 1 fully saturated rings. The van der Waals surface area contributed by atoms with Gasteiger partial charge in [-0.1, -0.05) is 6.07 Å². The second kappa shape index (κ2) is 9.07. The minimum absolute atomic E-state index is 0.0347. The van der Waals surface area contributed by atoms with Crippen molar-refractivity contribution in [2.24, 2.45) is 0 Å². The first-order valence-corrected chi connectivity index (χ1v) is 10.4. The molecule has 4 rings (SSSR count). The van der Waals surface area contributed by atoms with Crippen molar-refractivity contribution >= 4 is 17.9 Å². The van der Waals surface area contributed by atoms with Crippen molar-refractivity contribution in [3.63, 3.8) is 0 Å². The number of hydrogen-bond acceptors (Lipinski definition) is 7. The molecule has 10 heteroatoms. The van der Waals surface area contributed by atoms with Gasteiger partial charge in [0.2, 0.25) is 5.95 Å². The van der Waals surface area contributed by atoms with E-state index in [0.29, 0.717) is 5.56 Å². The van der Waals surface area contributed by atoms with E-state index in [4.69, 9.17) is 4.74 Å². The Balaban J connectivity index is 1.57. The highest BCUT2D eigenvalue weighted by molar-refractivity contribution is 5.89. The summed E-state index contributed by atoms with van der Waals surface area (Å²) < 4.78 is 34.7. The lowest BCUT2D eigenvalue weighted by Crippen LogP contribution is -2.41. The van der Waals surface area contributed by atoms with Crippen molar-refractivity contribution in [1.82, 2.24) is 15.0 Å². The number of hydrogen-bond donors (Lipinski definition) is 2. The van der Waals surface area contributed by atoms with Gasteiger partial charge in [-0.05, 0) is 45.0 Å². The minimum Gasteiger partial charge on any atom is -0.447 e. The van der Waals surface area contributed by atoms with Gasteiger partial charge >= 0.3 is 6.09 Å². The number of carbonyl (C=O) groups is 1. The molecule has 0 radical (unpaired) electrons. The number of halogens is 2. The second-order valence-corrected chi connectivity index (χ2v) is 7.90. The molecule has 2 aromatic heterocycles. The van der Waals surface area contributed by atoms with E-state index in [9.17, 15) is 18.7 Å². The predicted octanol–water partition coefficient (Wildman–Crippen LogP) is 4.00. The molecular weight excluding hydrogens is 432 g/mol. The summed E-state index contributed by atoms with van der Waals surface area (Å²) in [5.41, 5.74) is 1.46. The number of rotatable bonds is 6. The number of anilines is 2. The molecule has 0 spiro atoms. The predicted molar refractivity (Wildman–Crippen MR) is 118 cm³/mol. The molecular formula is C23H23F2N5O3. The summed E-state index contributed by atoms with van der Waals surface area (Å²) in [6.07, 6.45) is 1.46. The summed E-state index contributed by atoms with van der Waals surface area (Å²) in [5.74, 6) is -0.849. The van der Waals surface area contributed by atoms with Crippen LogP contribution in [0.4, 0.5) is 25.3 Å². The average molecular weight is 455 g/mol. The molecule has 1 aliphatic heterocycles. The van der Waals surface area contributed by atoms with Gasteiger partial charge in [-0.25, -0.2) is 18.6 Å². The fourth-order valence-electron chi connectivity index (χ4n) is 3.62. The van der Waals surface area contributed by atoms with Crippen LogP contribution in [0, 0.1) is 18.6 Å². The Morgan fingerprint density at radius 3 is 2.67 bits per heavy atom. The summed E-state index contributed by atoms with van der Waals surface area (Å²) in [6, 6.07) is 5.92. The third kappa shape index (κ3) is 4.61. The molecule has 3 aromatic rings. The van der Waals surface area contributed by atoms with Crippen molar-refractivity contribution in [3.05, 3.63) is 65.6 Å². The van der Waals surface area contributed by atoms with Crippen molar-refractivity contribution in [3.8, 4) is 11.1 Å². The van der Waals surface area contributed by atoms with Gasteiger partial charge in [0.05, 0.1) is 12.1 Å². The average Bonchev–Trinajstić information content (AvgIpc) is 3.17. The van der Waals surface area contributed by atoms with E-state index in [1.165, 1.54) is 23.4 Å². The Morgan fingerprint density at radius 2 is 1.97 bits per heavy atom. The number of nitrogens with zero attached hydrogens (tertiary/aromatic N) is 4. The number of carbonyl (C=O) groups excluding carboxylic acids is 1. The number of pyridine rings is 1. The van der Waals surface area contributed by atoms with Gasteiger partial charge in [-0.3, -0.25) is 9.88 Å². The van der Waals surface area contributed by atoms with E-state index in [-0.39, 0.29) is 29.5 Å². The summed E-state index contributed by atoms with van der Waals surface area (Å²) in [5, 5.41) is 12.9. The topological polar surface area (TPSA) is 100 Å². The molecule has 0 bridgehead atoms. The highest BCUT2D eigenvalue weighted by atomic mass is 19.1. The normalized spacial score (nSPS) is 17.6. The Hall–Kier alpha value is -3.66. The third-order valence-corrected chi connectivity index (χ3v) is 5.47. The lowest BCUT2D eigenvalue weighted by Gasteiger charge is -2.23. The van der Waals surface area contributed by atoms with Gasteiger partial charge in [0.25, 0.3) is 0 Å². The molecule has 172 valence electrons. The van der Waals surface area contributed by atoms with E-state index in [2.05, 4.69) is 20.3 Å². The number of benzene rings is 1. The van der Waals surface area contributed by atoms with Crippen LogP contribution in [-0.4, -0.2) is 44.9 Å². The molecule has 0 saturated carbocycles. The minimum atomic E-state index is -0.832. The lowest BCUT2D eigenvalue weighted by atomic mass is 10.0. The van der Waals surface area contributed by atoms with E-state index >= 15 is 0 Å². The van der Waals surface area contributed by atoms with Gasteiger partial charge in [-0.15, -0.1) is 0 Å². The SMILES string of the molecule is Cc1ccc(-c2cc(F)c([C@H](C)Nc3nccc(N4C(=O)OCC4[C@@H](C)O)n3)cc2F)cn1. The maximum atomic E-state index is 14.9. The van der Waals surface area contributed by atoms with Crippen molar-refractivity contribution in [1.29, 1.82) is 0 Å². The Morgan fingerprint density at radius 1 is 1.18 bits per heavy atom. The highest BCUT2D eigenvalue weighted by Crippen LogP contribution is 2.30. The number of ether oxygens (including phenoxy) is 1. The Kier molecular flexibility index (Phi) is 6.19. The van der Waals surface area contributed by atoms with Crippen LogP contribution in [-0.2, 0) is 4.74 Å². The molecule has 3 atom stereocenters. The number of amides is 1. The highest BCUT2D eigenvalue weighted by Gasteiger charge is 2.38. The molecule has 1 amide bonds. The first-order valence-electron chi connectivity index (χ1n) is 10.4. The fourth-order valence-corrected chi connectivity index (χ4v) is 3.62. The van der Waals surface area contributed by atoms with Gasteiger partial charge in [-0.2, -0.15) is 4.98 Å². The quantitative estimate of drug-likeness (QED) is 0.579. The van der Waals surface area contributed by atoms with Crippen LogP contribution in [0.2, 0.25) is 0 Å². The molecule has 2 N–H and O–H groups in total. The summed E-state index contributed by atoms with van der Waals surface area (Å²) in [6.45, 7) is 5.04. The maximum absolute atomic E-state index is 14.9. The van der Waals surface area contributed by atoms with Crippen molar-refractivity contribution < 1.29 is 23.4 Å². The molecule has 1 aromatic carbocycles. The Labute approximate surface area is 189 Å². The number of cyclic esters (lactones) is 1. The van der Waals surface area contributed by atoms with E-state index < -0.39 is 35.9 Å². The zero-order chi connectivity index (χ0) is 23.7. The zero-order valence-corrected chi connectivity index (χ0v) is 18.3. The van der Waals surface area contributed by atoms with Gasteiger partial charge in [0.15, 0.2) is 0 Å². The standard InChI is InChI=1S/C23H23F2N5O3/c1-12-4-5-15(10-27-12)17-9-18(24)16(8-19(17)25)13(2)28-22-26-7-6-21(29-22)30-20(14(3)31)11-33-23(30)32/h4-10,13-14,20,31H,11H2,1-3H3,(H,26,28,29)/t13-,14+,20?/m0/s1. The zero-order valence-electron chi connectivity index (χ0n) is 18.3. The largest absolute Gasteiger partial charge is 0.447 e. The molecule has 1 aliphatic rings. The number of nitrogens with one attached hydrogen (secondary N) is 1. The molecule has 3 heterocycles.